The van der Waals surface area contributed by atoms with E-state index in [4.69, 9.17) is 28.3 Å². The summed E-state index contributed by atoms with van der Waals surface area (Å²) >= 11 is 8.30. The van der Waals surface area contributed by atoms with E-state index in [2.05, 4.69) is 43.2 Å². The third-order valence-corrected chi connectivity index (χ3v) is 4.40. The number of nitrogens with zero attached hydrogens (tertiary/aromatic N) is 4. The summed E-state index contributed by atoms with van der Waals surface area (Å²) in [7, 11) is 0. The van der Waals surface area contributed by atoms with Gasteiger partial charge < -0.3 is 16.8 Å². The van der Waals surface area contributed by atoms with E-state index in [1.807, 2.05) is 12.1 Å². The van der Waals surface area contributed by atoms with Gasteiger partial charge in [-0.3, -0.25) is 5.32 Å². The molecule has 25 heavy (non-hydrogen) atoms. The van der Waals surface area contributed by atoms with Crippen LogP contribution in [0.3, 0.4) is 0 Å². The first-order valence-electron chi connectivity index (χ1n) is 6.89. The van der Waals surface area contributed by atoms with Crippen LogP contribution in [0.1, 0.15) is 22.7 Å². The predicted molar refractivity (Wildman–Crippen MR) is 104 cm³/mol. The quantitative estimate of drug-likeness (QED) is 0.287. The smallest absolute Gasteiger partial charge is 0.211 e. The Morgan fingerprint density at radius 3 is 2.68 bits per heavy atom. The number of aromatic nitrogens is 1. The number of nitriles is 2. The number of hydrogen-bond donors (Lipinski definition) is 4. The highest BCUT2D eigenvalue weighted by atomic mass is 127. The number of pyridine rings is 1. The largest absolute Gasteiger partial charge is 0.397 e. The molecule has 8 nitrogen and oxygen atoms in total. The zero-order valence-corrected chi connectivity index (χ0v) is 15.4. The average Bonchev–Trinajstić information content (AvgIpc) is 2.53. The van der Waals surface area contributed by atoms with Crippen LogP contribution in [0.15, 0.2) is 23.2 Å². The summed E-state index contributed by atoms with van der Waals surface area (Å²) in [5.41, 5.74) is 13.5. The van der Waals surface area contributed by atoms with Gasteiger partial charge in [-0.15, -0.1) is 0 Å². The van der Waals surface area contributed by atoms with Gasteiger partial charge in [0.05, 0.1) is 5.69 Å². The van der Waals surface area contributed by atoms with Gasteiger partial charge in [-0.2, -0.15) is 10.5 Å². The first kappa shape index (κ1) is 17.1. The molecule has 2 heterocycles. The lowest BCUT2D eigenvalue weighted by Crippen LogP contribution is -2.32. The van der Waals surface area contributed by atoms with Gasteiger partial charge in [-0.25, -0.2) is 9.98 Å². The Bertz CT molecular complexity index is 968. The molecule has 124 valence electrons. The third kappa shape index (κ3) is 3.12. The number of nitrogens with two attached hydrogens (primary N) is 2. The van der Waals surface area contributed by atoms with E-state index in [0.717, 1.165) is 9.13 Å². The van der Waals surface area contributed by atoms with Gasteiger partial charge >= 0.3 is 0 Å². The summed E-state index contributed by atoms with van der Waals surface area (Å²) in [6.07, 6.45) is 1.80. The number of guanidine groups is 1. The summed E-state index contributed by atoms with van der Waals surface area (Å²) < 4.78 is 0.910. The summed E-state index contributed by atoms with van der Waals surface area (Å²) in [6.45, 7) is 0. The molecule has 2 aromatic rings. The minimum atomic E-state index is -0.598. The Labute approximate surface area is 161 Å². The number of aliphatic imine (C=N–C) groups is 1. The number of benzene rings is 1. The zero-order valence-electron chi connectivity index (χ0n) is 12.5. The first-order valence-corrected chi connectivity index (χ1v) is 8.35. The Kier molecular flexibility index (Phi) is 4.53. The molecule has 1 atom stereocenters. The van der Waals surface area contributed by atoms with E-state index in [0.29, 0.717) is 16.4 Å². The number of fused-ring (bicyclic) bond motifs is 1. The number of hydrogen-bond acceptors (Lipinski definition) is 8. The molecule has 0 aliphatic carbocycles. The van der Waals surface area contributed by atoms with Crippen LogP contribution in [-0.4, -0.2) is 10.9 Å². The SMILES string of the molecule is N#CNC1=NC(c2cc(Cl)cc(I)c2)c2c(nc(N)c(C#N)c2N)N1. The number of nitrogens with one attached hydrogen (secondary N) is 2. The van der Waals surface area contributed by atoms with Crippen molar-refractivity contribution in [3.8, 4) is 12.3 Å². The third-order valence-electron chi connectivity index (χ3n) is 3.56. The summed E-state index contributed by atoms with van der Waals surface area (Å²) in [5.74, 6) is 0.539. The van der Waals surface area contributed by atoms with Gasteiger partial charge in [-0.05, 0) is 46.4 Å². The zero-order chi connectivity index (χ0) is 18.1. The van der Waals surface area contributed by atoms with Crippen LogP contribution >= 0.6 is 34.2 Å². The molecule has 1 aliphatic heterocycles. The van der Waals surface area contributed by atoms with Crippen molar-refractivity contribution in [2.75, 3.05) is 16.8 Å². The molecule has 10 heteroatoms. The van der Waals surface area contributed by atoms with E-state index in [9.17, 15) is 5.26 Å². The summed E-state index contributed by atoms with van der Waals surface area (Å²) in [6, 6.07) is 6.80. The van der Waals surface area contributed by atoms with Crippen LogP contribution in [0, 0.1) is 26.4 Å². The lowest BCUT2D eigenvalue weighted by atomic mass is 9.95. The molecule has 0 spiro atoms. The Hall–Kier alpha value is -2.76. The maximum atomic E-state index is 9.30. The molecule has 0 saturated carbocycles. The normalized spacial score (nSPS) is 15.2. The Balaban J connectivity index is 2.27. The highest BCUT2D eigenvalue weighted by Gasteiger charge is 2.29. The molecule has 1 unspecified atom stereocenters. The monoisotopic (exact) mass is 464 g/mol. The summed E-state index contributed by atoms with van der Waals surface area (Å²) in [4.78, 5) is 8.67. The van der Waals surface area contributed by atoms with Crippen molar-refractivity contribution in [2.45, 2.75) is 6.04 Å². The van der Waals surface area contributed by atoms with Gasteiger partial charge in [0, 0.05) is 14.2 Å². The first-order chi connectivity index (χ1) is 11.9. The topological polar surface area (TPSA) is 149 Å². The number of anilines is 3. The van der Waals surface area contributed by atoms with E-state index >= 15 is 0 Å². The molecule has 3 rings (SSSR count). The second-order valence-corrected chi connectivity index (χ2v) is 6.79. The van der Waals surface area contributed by atoms with Crippen molar-refractivity contribution >= 4 is 57.5 Å². The maximum absolute atomic E-state index is 9.30. The van der Waals surface area contributed by atoms with Crippen molar-refractivity contribution in [2.24, 2.45) is 4.99 Å². The van der Waals surface area contributed by atoms with Gasteiger partial charge in [0.15, 0.2) is 6.19 Å². The molecule has 1 aromatic heterocycles. The molecular formula is C15H10ClIN8. The van der Waals surface area contributed by atoms with Gasteiger partial charge in [0.1, 0.15) is 29.3 Å². The fourth-order valence-corrected chi connectivity index (χ4v) is 3.68. The van der Waals surface area contributed by atoms with Crippen molar-refractivity contribution < 1.29 is 0 Å². The van der Waals surface area contributed by atoms with E-state index in [1.54, 1.807) is 18.3 Å². The van der Waals surface area contributed by atoms with Crippen molar-refractivity contribution in [3.63, 3.8) is 0 Å². The highest BCUT2D eigenvalue weighted by molar-refractivity contribution is 14.1. The van der Waals surface area contributed by atoms with Crippen LogP contribution in [-0.2, 0) is 0 Å². The molecule has 0 radical (unpaired) electrons. The second kappa shape index (κ2) is 6.63. The predicted octanol–water partition coefficient (Wildman–Crippen LogP) is 2.32. The molecule has 0 fully saturated rings. The lowest BCUT2D eigenvalue weighted by molar-refractivity contribution is 0.846. The highest BCUT2D eigenvalue weighted by Crippen LogP contribution is 2.41. The van der Waals surface area contributed by atoms with E-state index < -0.39 is 6.04 Å². The van der Waals surface area contributed by atoms with Gasteiger partial charge in [-0.1, -0.05) is 11.6 Å². The van der Waals surface area contributed by atoms with E-state index in [1.165, 1.54) is 0 Å². The fourth-order valence-electron chi connectivity index (χ4n) is 2.56. The van der Waals surface area contributed by atoms with Crippen LogP contribution in [0.4, 0.5) is 17.3 Å². The summed E-state index contributed by atoms with van der Waals surface area (Å²) in [5, 5.41) is 24.0. The molecule has 0 bridgehead atoms. The number of nitrogen functional groups attached to an aromatic ring is 2. The minimum absolute atomic E-state index is 0.00359. The van der Waals surface area contributed by atoms with Crippen LogP contribution < -0.4 is 22.1 Å². The molecule has 6 N–H and O–H groups in total. The van der Waals surface area contributed by atoms with Crippen molar-refractivity contribution in [1.82, 2.24) is 10.3 Å². The van der Waals surface area contributed by atoms with Gasteiger partial charge in [0.25, 0.3) is 0 Å². The van der Waals surface area contributed by atoms with Crippen molar-refractivity contribution in [3.05, 3.63) is 43.5 Å². The Morgan fingerprint density at radius 1 is 1.28 bits per heavy atom. The minimum Gasteiger partial charge on any atom is -0.397 e. The molecule has 1 aromatic carbocycles. The molecule has 0 saturated heterocycles. The van der Waals surface area contributed by atoms with Crippen LogP contribution in [0.2, 0.25) is 5.02 Å². The average molecular weight is 465 g/mol. The molecule has 1 aliphatic rings. The van der Waals surface area contributed by atoms with Crippen LogP contribution in [0.25, 0.3) is 0 Å². The lowest BCUT2D eigenvalue weighted by Gasteiger charge is -2.26. The van der Waals surface area contributed by atoms with Crippen molar-refractivity contribution in [1.29, 1.82) is 10.5 Å². The van der Waals surface area contributed by atoms with Gasteiger partial charge in [0.2, 0.25) is 5.96 Å². The number of halogens is 2. The standard InChI is InChI=1S/C15H10ClIN8/c16-7-1-6(2-8(17)3-7)12-10-11(20)9(4-18)13(21)24-14(10)25-15(23-12)22-5-19/h1-3,12H,(H6,20,21,22,23,24,25). The van der Waals surface area contributed by atoms with Crippen LogP contribution in [0.5, 0.6) is 0 Å². The number of rotatable bonds is 1. The maximum Gasteiger partial charge on any atom is 0.211 e. The second-order valence-electron chi connectivity index (χ2n) is 5.10. The Morgan fingerprint density at radius 2 is 2.04 bits per heavy atom. The fraction of sp³-hybridized carbons (Fsp3) is 0.0667. The molecular weight excluding hydrogens is 455 g/mol. The van der Waals surface area contributed by atoms with E-state index in [-0.39, 0.29) is 23.0 Å². The molecule has 0 amide bonds.